The molecule has 0 saturated carbocycles. The molecule has 1 heterocycles. The smallest absolute Gasteiger partial charge is 0.0948 e. The minimum Gasteiger partial charge on any atom is -0.362 e. The number of likely N-dealkylation sites (N-methyl/N-ethyl adjacent to an activating group) is 1. The highest BCUT2D eigenvalue weighted by molar-refractivity contribution is 5.50. The van der Waals surface area contributed by atoms with Crippen molar-refractivity contribution in [3.63, 3.8) is 0 Å². The van der Waals surface area contributed by atoms with Crippen molar-refractivity contribution in [3.8, 4) is 0 Å². The second kappa shape index (κ2) is 7.27. The van der Waals surface area contributed by atoms with Crippen molar-refractivity contribution in [1.82, 2.24) is 9.55 Å². The van der Waals surface area contributed by atoms with Gasteiger partial charge in [0, 0.05) is 25.3 Å². The predicted octanol–water partition coefficient (Wildman–Crippen LogP) is 3.13. The number of hydrogen-bond acceptors (Lipinski definition) is 3. The first-order chi connectivity index (χ1) is 10.2. The molecule has 0 amide bonds. The number of rotatable bonds is 7. The van der Waals surface area contributed by atoms with Crippen molar-refractivity contribution in [3.05, 3.63) is 48.0 Å². The zero-order valence-corrected chi connectivity index (χ0v) is 13.3. The molecular formula is C17H26N4. The van der Waals surface area contributed by atoms with Gasteiger partial charge in [0.25, 0.3) is 0 Å². The van der Waals surface area contributed by atoms with Crippen LogP contribution in [0.25, 0.3) is 0 Å². The molecule has 0 aliphatic carbocycles. The maximum Gasteiger partial charge on any atom is 0.0948 e. The maximum absolute atomic E-state index is 6.10. The van der Waals surface area contributed by atoms with Crippen molar-refractivity contribution in [2.24, 2.45) is 5.73 Å². The number of hydrogen-bond donors (Lipinski definition) is 1. The van der Waals surface area contributed by atoms with Gasteiger partial charge in [-0.25, -0.2) is 4.98 Å². The molecule has 0 saturated heterocycles. The molecule has 1 aromatic carbocycles. The molecule has 0 bridgehead atoms. The van der Waals surface area contributed by atoms with Crippen LogP contribution < -0.4 is 10.6 Å². The summed E-state index contributed by atoms with van der Waals surface area (Å²) in [5.74, 6) is 0. The van der Waals surface area contributed by atoms with Crippen LogP contribution in [0.2, 0.25) is 0 Å². The minimum absolute atomic E-state index is 0.158. The molecule has 2 rings (SSSR count). The summed E-state index contributed by atoms with van der Waals surface area (Å²) in [7, 11) is 0. The number of nitrogens with two attached hydrogens (primary N) is 1. The number of anilines is 1. The van der Waals surface area contributed by atoms with Crippen LogP contribution in [0.4, 0.5) is 5.69 Å². The van der Waals surface area contributed by atoms with Gasteiger partial charge in [-0.2, -0.15) is 0 Å². The van der Waals surface area contributed by atoms with Crippen LogP contribution in [0.3, 0.4) is 0 Å². The maximum atomic E-state index is 6.10. The van der Waals surface area contributed by atoms with Gasteiger partial charge in [0.15, 0.2) is 0 Å². The van der Waals surface area contributed by atoms with E-state index in [-0.39, 0.29) is 6.04 Å². The molecule has 1 unspecified atom stereocenters. The van der Waals surface area contributed by atoms with Gasteiger partial charge < -0.3 is 15.2 Å². The molecule has 0 radical (unpaired) electrons. The number of aromatic nitrogens is 2. The Labute approximate surface area is 127 Å². The van der Waals surface area contributed by atoms with Gasteiger partial charge >= 0.3 is 0 Å². The topological polar surface area (TPSA) is 47.1 Å². The van der Waals surface area contributed by atoms with E-state index in [1.165, 1.54) is 16.9 Å². The predicted molar refractivity (Wildman–Crippen MR) is 88.5 cm³/mol. The molecule has 21 heavy (non-hydrogen) atoms. The Morgan fingerprint density at radius 2 is 2.14 bits per heavy atom. The van der Waals surface area contributed by atoms with Gasteiger partial charge in [0.05, 0.1) is 24.3 Å². The molecule has 0 fully saturated rings. The van der Waals surface area contributed by atoms with Crippen LogP contribution in [-0.4, -0.2) is 22.6 Å². The van der Waals surface area contributed by atoms with Crippen molar-refractivity contribution < 1.29 is 0 Å². The van der Waals surface area contributed by atoms with Gasteiger partial charge in [0.1, 0.15) is 0 Å². The lowest BCUT2D eigenvalue weighted by atomic mass is 10.1. The van der Waals surface area contributed by atoms with Gasteiger partial charge in [-0.05, 0) is 38.0 Å². The summed E-state index contributed by atoms with van der Waals surface area (Å²) in [4.78, 5) is 6.68. The van der Waals surface area contributed by atoms with E-state index >= 15 is 0 Å². The SMILES string of the molecule is CCCn1cncc1C(CN)N(CC)c1cccc(C)c1. The molecule has 1 aromatic heterocycles. The lowest BCUT2D eigenvalue weighted by Gasteiger charge is -2.32. The standard InChI is InChI=1S/C17H26N4/c1-4-9-20-13-19-12-17(20)16(11-18)21(5-2)15-8-6-7-14(3)10-15/h6-8,10,12-13,16H,4-5,9,11,18H2,1-3H3. The van der Waals surface area contributed by atoms with E-state index < -0.39 is 0 Å². The molecule has 4 heteroatoms. The molecule has 0 aliphatic heterocycles. The molecule has 2 N–H and O–H groups in total. The van der Waals surface area contributed by atoms with Crippen LogP contribution in [0.15, 0.2) is 36.8 Å². The van der Waals surface area contributed by atoms with E-state index in [2.05, 4.69) is 59.5 Å². The van der Waals surface area contributed by atoms with E-state index in [0.29, 0.717) is 6.54 Å². The average Bonchev–Trinajstić information content (AvgIpc) is 2.93. The van der Waals surface area contributed by atoms with Crippen molar-refractivity contribution >= 4 is 5.69 Å². The molecule has 2 aromatic rings. The summed E-state index contributed by atoms with van der Waals surface area (Å²) in [6.07, 6.45) is 4.95. The zero-order chi connectivity index (χ0) is 15.2. The van der Waals surface area contributed by atoms with E-state index in [4.69, 9.17) is 5.73 Å². The van der Waals surface area contributed by atoms with E-state index in [0.717, 1.165) is 19.5 Å². The summed E-state index contributed by atoms with van der Waals surface area (Å²) >= 11 is 0. The summed E-state index contributed by atoms with van der Waals surface area (Å²) in [5.41, 5.74) is 9.78. The highest BCUT2D eigenvalue weighted by atomic mass is 15.2. The third-order valence-electron chi connectivity index (χ3n) is 3.82. The monoisotopic (exact) mass is 286 g/mol. The lowest BCUT2D eigenvalue weighted by molar-refractivity contribution is 0.563. The number of nitrogens with zero attached hydrogens (tertiary/aromatic N) is 3. The van der Waals surface area contributed by atoms with E-state index in [1.807, 2.05) is 12.5 Å². The van der Waals surface area contributed by atoms with Crippen LogP contribution in [0, 0.1) is 6.92 Å². The third kappa shape index (κ3) is 3.45. The normalized spacial score (nSPS) is 12.4. The van der Waals surface area contributed by atoms with Crippen LogP contribution >= 0.6 is 0 Å². The van der Waals surface area contributed by atoms with Gasteiger partial charge in [-0.15, -0.1) is 0 Å². The summed E-state index contributed by atoms with van der Waals surface area (Å²) < 4.78 is 2.22. The lowest BCUT2D eigenvalue weighted by Crippen LogP contribution is -2.35. The Hall–Kier alpha value is -1.81. The van der Waals surface area contributed by atoms with Crippen LogP contribution in [-0.2, 0) is 6.54 Å². The number of aryl methyl sites for hydroxylation is 2. The fourth-order valence-corrected chi connectivity index (χ4v) is 2.83. The van der Waals surface area contributed by atoms with Gasteiger partial charge in [0.2, 0.25) is 0 Å². The fraction of sp³-hybridized carbons (Fsp3) is 0.471. The zero-order valence-electron chi connectivity index (χ0n) is 13.3. The fourth-order valence-electron chi connectivity index (χ4n) is 2.83. The highest BCUT2D eigenvalue weighted by Gasteiger charge is 2.21. The largest absolute Gasteiger partial charge is 0.362 e. The Bertz CT molecular complexity index is 561. The third-order valence-corrected chi connectivity index (χ3v) is 3.82. The Morgan fingerprint density at radius 1 is 1.33 bits per heavy atom. The van der Waals surface area contributed by atoms with Gasteiger partial charge in [-0.1, -0.05) is 19.1 Å². The quantitative estimate of drug-likeness (QED) is 0.850. The molecule has 114 valence electrons. The number of benzene rings is 1. The molecular weight excluding hydrogens is 260 g/mol. The Kier molecular flexibility index (Phi) is 5.39. The van der Waals surface area contributed by atoms with Crippen LogP contribution in [0.5, 0.6) is 0 Å². The first-order valence-electron chi connectivity index (χ1n) is 7.74. The van der Waals surface area contributed by atoms with Crippen molar-refractivity contribution in [1.29, 1.82) is 0 Å². The number of imidazole rings is 1. The van der Waals surface area contributed by atoms with E-state index in [9.17, 15) is 0 Å². The summed E-state index contributed by atoms with van der Waals surface area (Å²) in [6, 6.07) is 8.75. The first-order valence-corrected chi connectivity index (χ1v) is 7.74. The second-order valence-electron chi connectivity index (χ2n) is 5.39. The average molecular weight is 286 g/mol. The minimum atomic E-state index is 0.158. The van der Waals surface area contributed by atoms with Gasteiger partial charge in [-0.3, -0.25) is 0 Å². The van der Waals surface area contributed by atoms with Crippen molar-refractivity contribution in [2.45, 2.75) is 39.8 Å². The first kappa shape index (κ1) is 15.6. The molecule has 1 atom stereocenters. The Morgan fingerprint density at radius 3 is 2.76 bits per heavy atom. The van der Waals surface area contributed by atoms with E-state index in [1.54, 1.807) is 0 Å². The summed E-state index contributed by atoms with van der Waals surface area (Å²) in [5, 5.41) is 0. The molecule has 0 aliphatic rings. The van der Waals surface area contributed by atoms with Crippen LogP contribution in [0.1, 0.15) is 37.6 Å². The second-order valence-corrected chi connectivity index (χ2v) is 5.39. The molecule has 4 nitrogen and oxygen atoms in total. The highest BCUT2D eigenvalue weighted by Crippen LogP contribution is 2.27. The Balaban J connectivity index is 2.35. The molecule has 0 spiro atoms. The summed E-state index contributed by atoms with van der Waals surface area (Å²) in [6.45, 7) is 8.96. The van der Waals surface area contributed by atoms with Crippen molar-refractivity contribution in [2.75, 3.05) is 18.0 Å².